The Balaban J connectivity index is 1.60. The van der Waals surface area contributed by atoms with Gasteiger partial charge in [-0.25, -0.2) is 0 Å². The number of nitrogens with zero attached hydrogens (tertiary/aromatic N) is 1. The second kappa shape index (κ2) is 9.43. The molecule has 150 valence electrons. The van der Waals surface area contributed by atoms with E-state index in [0.29, 0.717) is 22.8 Å². The van der Waals surface area contributed by atoms with Gasteiger partial charge in [0.05, 0.1) is 17.1 Å². The predicted molar refractivity (Wildman–Crippen MR) is 114 cm³/mol. The van der Waals surface area contributed by atoms with E-state index in [1.54, 1.807) is 30.3 Å². The summed E-state index contributed by atoms with van der Waals surface area (Å²) in [6, 6.07) is 14.7. The van der Waals surface area contributed by atoms with Crippen molar-refractivity contribution in [2.75, 3.05) is 19.7 Å². The number of nitrogens with one attached hydrogen (secondary N) is 1. The lowest BCUT2D eigenvalue weighted by molar-refractivity contribution is -0.122. The first-order valence-electron chi connectivity index (χ1n) is 9.31. The Hall–Kier alpha value is -3.06. The van der Waals surface area contributed by atoms with E-state index in [2.05, 4.69) is 5.32 Å². The number of carbonyl (C=O) groups is 3. The van der Waals surface area contributed by atoms with E-state index in [9.17, 15) is 14.4 Å². The maximum atomic E-state index is 12.6. The number of benzene rings is 2. The minimum atomic E-state index is -0.343. The highest BCUT2D eigenvalue weighted by Crippen LogP contribution is 2.31. The molecule has 1 aliphatic rings. The number of imide groups is 1. The van der Waals surface area contributed by atoms with Crippen molar-refractivity contribution < 1.29 is 19.1 Å². The van der Waals surface area contributed by atoms with E-state index in [-0.39, 0.29) is 30.1 Å². The Bertz CT molecular complexity index is 954. The van der Waals surface area contributed by atoms with Crippen molar-refractivity contribution in [3.63, 3.8) is 0 Å². The molecule has 0 spiro atoms. The van der Waals surface area contributed by atoms with Crippen LogP contribution in [0, 0.1) is 6.92 Å². The van der Waals surface area contributed by atoms with Gasteiger partial charge in [0.2, 0.25) is 0 Å². The van der Waals surface area contributed by atoms with E-state index < -0.39 is 0 Å². The molecule has 0 saturated carbocycles. The van der Waals surface area contributed by atoms with Gasteiger partial charge >= 0.3 is 0 Å². The van der Waals surface area contributed by atoms with Crippen molar-refractivity contribution in [1.29, 1.82) is 0 Å². The Morgan fingerprint density at radius 3 is 2.59 bits per heavy atom. The number of amides is 3. The molecule has 0 aliphatic carbocycles. The van der Waals surface area contributed by atoms with Crippen molar-refractivity contribution >= 4 is 34.9 Å². The molecule has 2 aromatic rings. The quantitative estimate of drug-likeness (QED) is 0.702. The summed E-state index contributed by atoms with van der Waals surface area (Å²) in [6.45, 7) is 4.55. The van der Waals surface area contributed by atoms with E-state index in [0.717, 1.165) is 27.8 Å². The van der Waals surface area contributed by atoms with Crippen LogP contribution in [0.2, 0.25) is 0 Å². The highest BCUT2D eigenvalue weighted by molar-refractivity contribution is 8.18. The van der Waals surface area contributed by atoms with Crippen molar-refractivity contribution in [2.45, 2.75) is 13.8 Å². The molecule has 0 radical (unpaired) electrons. The first kappa shape index (κ1) is 20.7. The van der Waals surface area contributed by atoms with Gasteiger partial charge in [0.25, 0.3) is 17.1 Å². The average molecular weight is 410 g/mol. The lowest BCUT2D eigenvalue weighted by atomic mass is 10.1. The fourth-order valence-electron chi connectivity index (χ4n) is 2.82. The summed E-state index contributed by atoms with van der Waals surface area (Å²) in [5, 5.41) is 2.41. The molecule has 29 heavy (non-hydrogen) atoms. The third-order valence-corrected chi connectivity index (χ3v) is 5.21. The van der Waals surface area contributed by atoms with Crippen LogP contribution in [0.3, 0.4) is 0 Å². The van der Waals surface area contributed by atoms with Crippen LogP contribution in [0.15, 0.2) is 53.4 Å². The van der Waals surface area contributed by atoms with E-state index >= 15 is 0 Å². The SMILES string of the molecule is CCOc1ccccc1C(=O)NCCN1C(=O)S/C(=C\c2ccc(C)cc2)C1=O. The number of hydrogen-bond acceptors (Lipinski definition) is 5. The molecule has 3 amide bonds. The number of rotatable bonds is 7. The summed E-state index contributed by atoms with van der Waals surface area (Å²) in [5.74, 6) is -0.152. The highest BCUT2D eigenvalue weighted by atomic mass is 32.2. The molecule has 1 heterocycles. The molecule has 6 nitrogen and oxygen atoms in total. The molecule has 0 atom stereocenters. The molecule has 0 aromatic heterocycles. The van der Waals surface area contributed by atoms with Gasteiger partial charge < -0.3 is 10.1 Å². The highest BCUT2D eigenvalue weighted by Gasteiger charge is 2.34. The van der Waals surface area contributed by atoms with Crippen LogP contribution in [0.5, 0.6) is 5.75 Å². The number of aryl methyl sites for hydroxylation is 1. The number of ether oxygens (including phenoxy) is 1. The third kappa shape index (κ3) is 5.06. The minimum Gasteiger partial charge on any atom is -0.493 e. The van der Waals surface area contributed by atoms with Crippen LogP contribution in [0.4, 0.5) is 4.79 Å². The molecule has 0 bridgehead atoms. The van der Waals surface area contributed by atoms with Gasteiger partial charge in [0.15, 0.2) is 0 Å². The van der Waals surface area contributed by atoms with E-state index in [1.165, 1.54) is 0 Å². The van der Waals surface area contributed by atoms with Crippen LogP contribution in [-0.2, 0) is 4.79 Å². The monoisotopic (exact) mass is 410 g/mol. The maximum Gasteiger partial charge on any atom is 0.293 e. The van der Waals surface area contributed by atoms with Gasteiger partial charge in [0, 0.05) is 13.1 Å². The molecule has 7 heteroatoms. The average Bonchev–Trinajstić information content (AvgIpc) is 2.97. The smallest absolute Gasteiger partial charge is 0.293 e. The second-order valence-corrected chi connectivity index (χ2v) is 7.42. The van der Waals surface area contributed by atoms with E-state index in [1.807, 2.05) is 38.1 Å². The molecule has 1 saturated heterocycles. The first-order valence-corrected chi connectivity index (χ1v) is 10.1. The lowest BCUT2D eigenvalue weighted by Gasteiger charge is -2.14. The standard InChI is InChI=1S/C22H22N2O4S/c1-3-28-18-7-5-4-6-17(18)20(25)23-12-13-24-21(26)19(29-22(24)27)14-16-10-8-15(2)9-11-16/h4-11,14H,3,12-13H2,1-2H3,(H,23,25)/b19-14-. The van der Waals surface area contributed by atoms with Crippen molar-refractivity contribution in [3.8, 4) is 5.75 Å². The molecule has 1 aliphatic heterocycles. The normalized spacial score (nSPS) is 15.1. The van der Waals surface area contributed by atoms with Gasteiger partial charge in [-0.3, -0.25) is 19.3 Å². The predicted octanol–water partition coefficient (Wildman–Crippen LogP) is 3.86. The zero-order valence-electron chi connectivity index (χ0n) is 16.3. The van der Waals surface area contributed by atoms with Crippen LogP contribution in [-0.4, -0.2) is 41.6 Å². The largest absolute Gasteiger partial charge is 0.493 e. The molecule has 2 aromatic carbocycles. The van der Waals surface area contributed by atoms with Crippen molar-refractivity contribution in [2.24, 2.45) is 0 Å². The topological polar surface area (TPSA) is 75.7 Å². The molecule has 3 rings (SSSR count). The molecule has 0 unspecified atom stereocenters. The number of thioether (sulfide) groups is 1. The van der Waals surface area contributed by atoms with Gasteiger partial charge in [-0.1, -0.05) is 42.0 Å². The van der Waals surface area contributed by atoms with Gasteiger partial charge in [-0.15, -0.1) is 0 Å². The van der Waals surface area contributed by atoms with Gasteiger partial charge in [-0.05, 0) is 49.4 Å². The zero-order valence-corrected chi connectivity index (χ0v) is 17.1. The summed E-state index contributed by atoms with van der Waals surface area (Å²) in [6.07, 6.45) is 1.71. The van der Waals surface area contributed by atoms with Crippen LogP contribution in [0.1, 0.15) is 28.4 Å². The summed E-state index contributed by atoms with van der Waals surface area (Å²) >= 11 is 0.911. The van der Waals surface area contributed by atoms with E-state index in [4.69, 9.17) is 4.74 Å². The molecule has 1 N–H and O–H groups in total. The zero-order chi connectivity index (χ0) is 20.8. The Kier molecular flexibility index (Phi) is 6.72. The summed E-state index contributed by atoms with van der Waals surface area (Å²) in [7, 11) is 0. The fraction of sp³-hybridized carbons (Fsp3) is 0.227. The Morgan fingerprint density at radius 2 is 1.86 bits per heavy atom. The van der Waals surface area contributed by atoms with Crippen molar-refractivity contribution in [1.82, 2.24) is 10.2 Å². The minimum absolute atomic E-state index is 0.110. The summed E-state index contributed by atoms with van der Waals surface area (Å²) < 4.78 is 5.46. The molecular weight excluding hydrogens is 388 g/mol. The number of carbonyl (C=O) groups excluding carboxylic acids is 3. The second-order valence-electron chi connectivity index (χ2n) is 6.43. The summed E-state index contributed by atoms with van der Waals surface area (Å²) in [5.41, 5.74) is 2.40. The lowest BCUT2D eigenvalue weighted by Crippen LogP contribution is -2.37. The Labute approximate surface area is 173 Å². The van der Waals surface area contributed by atoms with Gasteiger partial charge in [-0.2, -0.15) is 0 Å². The first-order chi connectivity index (χ1) is 14.0. The summed E-state index contributed by atoms with van der Waals surface area (Å²) in [4.78, 5) is 38.7. The van der Waals surface area contributed by atoms with Crippen molar-refractivity contribution in [3.05, 3.63) is 70.1 Å². The molecular formula is C22H22N2O4S. The van der Waals surface area contributed by atoms with Gasteiger partial charge in [0.1, 0.15) is 5.75 Å². The fourth-order valence-corrected chi connectivity index (χ4v) is 3.68. The number of hydrogen-bond donors (Lipinski definition) is 1. The van der Waals surface area contributed by atoms with Crippen LogP contribution >= 0.6 is 11.8 Å². The molecule has 1 fully saturated rings. The van der Waals surface area contributed by atoms with Crippen LogP contribution < -0.4 is 10.1 Å². The Morgan fingerprint density at radius 1 is 1.14 bits per heavy atom. The maximum absolute atomic E-state index is 12.6. The number of para-hydroxylation sites is 1. The third-order valence-electron chi connectivity index (χ3n) is 4.30. The van der Waals surface area contributed by atoms with Crippen LogP contribution in [0.25, 0.3) is 6.08 Å².